The predicted molar refractivity (Wildman–Crippen MR) is 206 cm³/mol. The third kappa shape index (κ3) is 3.64. The molecule has 49 heavy (non-hydrogen) atoms. The molecule has 0 atom stereocenters. The zero-order valence-corrected chi connectivity index (χ0v) is 26.7. The lowest BCUT2D eigenvalue weighted by Gasteiger charge is -2.07. The van der Waals surface area contributed by atoms with E-state index in [1.54, 1.807) is 0 Å². The van der Waals surface area contributed by atoms with Crippen LogP contribution in [0, 0.1) is 6.92 Å². The average molecular weight is 625 g/mol. The first-order valence-electron chi connectivity index (χ1n) is 16.8. The molecular weight excluding hydrogens is 597 g/mol. The second kappa shape index (κ2) is 9.79. The molecule has 11 rings (SSSR count). The highest BCUT2D eigenvalue weighted by Gasteiger charge is 2.21. The first kappa shape index (κ1) is 26.6. The van der Waals surface area contributed by atoms with Gasteiger partial charge in [0.05, 0.1) is 22.1 Å². The Bertz CT molecular complexity index is 3240. The van der Waals surface area contributed by atoms with Crippen molar-refractivity contribution in [1.29, 1.82) is 0 Å². The normalized spacial score (nSPS) is 12.2. The number of hydrogen-bond donors (Lipinski definition) is 0. The van der Waals surface area contributed by atoms with Gasteiger partial charge in [0.25, 0.3) is 0 Å². The molecule has 11 aromatic rings. The van der Waals surface area contributed by atoms with Crippen LogP contribution in [0.4, 0.5) is 0 Å². The van der Waals surface area contributed by atoms with Crippen molar-refractivity contribution in [2.45, 2.75) is 6.92 Å². The maximum absolute atomic E-state index is 6.95. The van der Waals surface area contributed by atoms with Gasteiger partial charge in [-0.05, 0) is 85.9 Å². The molecule has 0 spiro atoms. The summed E-state index contributed by atoms with van der Waals surface area (Å²) in [7, 11) is 0. The van der Waals surface area contributed by atoms with Gasteiger partial charge in [-0.3, -0.25) is 4.40 Å². The lowest BCUT2D eigenvalue weighted by atomic mass is 9.98. The van der Waals surface area contributed by atoms with Crippen LogP contribution in [0.2, 0.25) is 0 Å². The van der Waals surface area contributed by atoms with Crippen molar-refractivity contribution >= 4 is 92.4 Å². The molecule has 3 nitrogen and oxygen atoms in total. The minimum Gasteiger partial charge on any atom is -0.455 e. The second-order valence-corrected chi connectivity index (χ2v) is 13.1. The Morgan fingerprint density at radius 3 is 1.92 bits per heavy atom. The van der Waals surface area contributed by atoms with Gasteiger partial charge in [-0.15, -0.1) is 0 Å². The Kier molecular flexibility index (Phi) is 5.31. The summed E-state index contributed by atoms with van der Waals surface area (Å²) >= 11 is 0. The van der Waals surface area contributed by atoms with E-state index in [4.69, 9.17) is 9.40 Å². The van der Waals surface area contributed by atoms with Crippen LogP contribution in [0.15, 0.2) is 156 Å². The third-order valence-corrected chi connectivity index (χ3v) is 10.5. The number of nitrogens with zero attached hydrogens (tertiary/aromatic N) is 2. The zero-order valence-electron chi connectivity index (χ0n) is 26.7. The molecule has 0 fully saturated rings. The first-order valence-corrected chi connectivity index (χ1v) is 16.8. The summed E-state index contributed by atoms with van der Waals surface area (Å²) in [6.07, 6.45) is 0. The second-order valence-electron chi connectivity index (χ2n) is 13.1. The average Bonchev–Trinajstić information content (AvgIpc) is 3.74. The fourth-order valence-electron chi connectivity index (χ4n) is 8.28. The molecule has 3 aromatic heterocycles. The van der Waals surface area contributed by atoms with Gasteiger partial charge in [-0.25, -0.2) is 4.98 Å². The van der Waals surface area contributed by atoms with Gasteiger partial charge >= 0.3 is 0 Å². The maximum Gasteiger partial charge on any atom is 0.149 e. The smallest absolute Gasteiger partial charge is 0.149 e. The first-order chi connectivity index (χ1) is 24.2. The van der Waals surface area contributed by atoms with Gasteiger partial charge in [-0.2, -0.15) is 0 Å². The molecule has 0 saturated heterocycles. The van der Waals surface area contributed by atoms with Crippen molar-refractivity contribution in [2.24, 2.45) is 0 Å². The fraction of sp³-hybridized carbons (Fsp3) is 0.0217. The van der Waals surface area contributed by atoms with Gasteiger partial charge < -0.3 is 4.42 Å². The number of fused-ring (bicyclic) bond motifs is 13. The Morgan fingerprint density at radius 1 is 0.490 bits per heavy atom. The number of rotatable bonds is 1. The molecule has 0 N–H and O–H groups in total. The molecule has 0 aliphatic carbocycles. The minimum atomic E-state index is 0.862. The summed E-state index contributed by atoms with van der Waals surface area (Å²) in [6.45, 7) is 2.18. The largest absolute Gasteiger partial charge is 0.455 e. The van der Waals surface area contributed by atoms with Crippen molar-refractivity contribution in [1.82, 2.24) is 9.38 Å². The lowest BCUT2D eigenvalue weighted by Crippen LogP contribution is -1.92. The van der Waals surface area contributed by atoms with Gasteiger partial charge in [0.2, 0.25) is 0 Å². The highest BCUT2D eigenvalue weighted by molar-refractivity contribution is 6.22. The number of aryl methyl sites for hydroxylation is 1. The molecule has 3 heteroatoms. The summed E-state index contributed by atoms with van der Waals surface area (Å²) in [5.74, 6) is 0.867. The number of benzene rings is 8. The standard InChI is InChI=1S/C46H28N2O/c1-27-21-24-37(45-43(27)39-25-29-23-22-28-11-2-3-12-30(28)38(29)26-42(39)49-45)46-47-40-19-10-18-36-34-16-7-5-14-32(34)31-13-4-6-15-33(31)35-17-8-9-20-41(35)48(46)44(36)40/h2-26H,1H3. The van der Waals surface area contributed by atoms with E-state index in [0.29, 0.717) is 0 Å². The van der Waals surface area contributed by atoms with Crippen molar-refractivity contribution in [2.75, 3.05) is 0 Å². The van der Waals surface area contributed by atoms with E-state index in [1.807, 2.05) is 0 Å². The number of furan rings is 1. The fourth-order valence-corrected chi connectivity index (χ4v) is 8.28. The summed E-state index contributed by atoms with van der Waals surface area (Å²) in [4.78, 5) is 5.45. The van der Waals surface area contributed by atoms with E-state index >= 15 is 0 Å². The van der Waals surface area contributed by atoms with Crippen LogP contribution in [-0.2, 0) is 0 Å². The molecule has 8 aromatic carbocycles. The molecule has 228 valence electrons. The van der Waals surface area contributed by atoms with Crippen LogP contribution in [0.3, 0.4) is 0 Å². The van der Waals surface area contributed by atoms with Crippen LogP contribution >= 0.6 is 0 Å². The Labute approximate surface area is 280 Å². The summed E-state index contributed by atoms with van der Waals surface area (Å²) in [5.41, 5.74) is 7.04. The Hall–Kier alpha value is -6.45. The number of imidazole rings is 1. The predicted octanol–water partition coefficient (Wildman–Crippen LogP) is 12.7. The quantitative estimate of drug-likeness (QED) is 0.170. The van der Waals surface area contributed by atoms with Crippen molar-refractivity contribution in [3.63, 3.8) is 0 Å². The van der Waals surface area contributed by atoms with Crippen LogP contribution in [0.5, 0.6) is 0 Å². The van der Waals surface area contributed by atoms with E-state index in [9.17, 15) is 0 Å². The lowest BCUT2D eigenvalue weighted by molar-refractivity contribution is 0.670. The summed E-state index contributed by atoms with van der Waals surface area (Å²) in [5, 5.41) is 14.3. The molecule has 3 heterocycles. The molecular formula is C46H28N2O. The van der Waals surface area contributed by atoms with Gasteiger partial charge in [0.1, 0.15) is 17.0 Å². The molecule has 0 amide bonds. The van der Waals surface area contributed by atoms with E-state index in [-0.39, 0.29) is 0 Å². The summed E-state index contributed by atoms with van der Waals surface area (Å²) in [6, 6.07) is 54.7. The molecule has 0 unspecified atom stereocenters. The Balaban J connectivity index is 1.36. The SMILES string of the molecule is Cc1ccc(-c2nc3cccc4c5ccccc5c5ccccc5c5ccccc5n2c34)c2oc3cc4c(ccc5ccccc54)cc3c12. The monoisotopic (exact) mass is 624 g/mol. The van der Waals surface area contributed by atoms with Crippen molar-refractivity contribution in [3.8, 4) is 11.4 Å². The number of hydrogen-bond acceptors (Lipinski definition) is 2. The molecule has 0 bridgehead atoms. The highest BCUT2D eigenvalue weighted by Crippen LogP contribution is 2.42. The van der Waals surface area contributed by atoms with E-state index in [0.717, 1.165) is 60.6 Å². The van der Waals surface area contributed by atoms with Crippen LogP contribution in [0.25, 0.3) is 104 Å². The maximum atomic E-state index is 6.95. The Morgan fingerprint density at radius 2 is 1.12 bits per heavy atom. The van der Waals surface area contributed by atoms with Gasteiger partial charge in [-0.1, -0.05) is 121 Å². The minimum absolute atomic E-state index is 0.862. The van der Waals surface area contributed by atoms with Crippen molar-refractivity contribution in [3.05, 3.63) is 157 Å². The number of para-hydroxylation sites is 2. The molecule has 0 aliphatic heterocycles. The van der Waals surface area contributed by atoms with Crippen LogP contribution in [-0.4, -0.2) is 9.38 Å². The van der Waals surface area contributed by atoms with Gasteiger partial charge in [0.15, 0.2) is 0 Å². The van der Waals surface area contributed by atoms with E-state index in [1.165, 1.54) is 48.7 Å². The van der Waals surface area contributed by atoms with Crippen molar-refractivity contribution < 1.29 is 4.42 Å². The molecule has 0 saturated carbocycles. The molecule has 0 aliphatic rings. The highest BCUT2D eigenvalue weighted by atomic mass is 16.3. The third-order valence-electron chi connectivity index (χ3n) is 10.5. The zero-order chi connectivity index (χ0) is 32.2. The van der Waals surface area contributed by atoms with Crippen LogP contribution < -0.4 is 0 Å². The van der Waals surface area contributed by atoms with E-state index in [2.05, 4.69) is 163 Å². The topological polar surface area (TPSA) is 30.4 Å². The van der Waals surface area contributed by atoms with Gasteiger partial charge in [0, 0.05) is 21.5 Å². The summed E-state index contributed by atoms with van der Waals surface area (Å²) < 4.78 is 9.32. The van der Waals surface area contributed by atoms with E-state index < -0.39 is 0 Å². The number of aromatic nitrogens is 2. The molecule has 0 radical (unpaired) electrons. The van der Waals surface area contributed by atoms with Crippen LogP contribution in [0.1, 0.15) is 5.56 Å².